The summed E-state index contributed by atoms with van der Waals surface area (Å²) in [5, 5.41) is 4.75. The quantitative estimate of drug-likeness (QED) is 0.285. The lowest BCUT2D eigenvalue weighted by molar-refractivity contribution is -0.137. The summed E-state index contributed by atoms with van der Waals surface area (Å²) in [4.78, 5) is 0. The Morgan fingerprint density at radius 3 is 1.92 bits per heavy atom. The first-order chi connectivity index (χ1) is 17.3. The van der Waals surface area contributed by atoms with E-state index in [-0.39, 0.29) is 6.54 Å². The molecule has 6 nitrogen and oxygen atoms in total. The van der Waals surface area contributed by atoms with Gasteiger partial charge in [-0.05, 0) is 48.0 Å². The fraction of sp³-hybridized carbons (Fsp3) is 0.222. The Morgan fingerprint density at radius 2 is 1.33 bits per heavy atom. The lowest BCUT2D eigenvalue weighted by Gasteiger charge is -2.13. The molecule has 0 saturated heterocycles. The first-order valence-corrected chi connectivity index (χ1v) is 11.0. The van der Waals surface area contributed by atoms with Crippen LogP contribution in [0.4, 0.5) is 13.2 Å². The minimum Gasteiger partial charge on any atom is -0.497 e. The highest BCUT2D eigenvalue weighted by Crippen LogP contribution is 2.39. The summed E-state index contributed by atoms with van der Waals surface area (Å²) < 4.78 is 63.3. The highest BCUT2D eigenvalue weighted by Gasteiger charge is 2.30. The molecule has 0 aliphatic heterocycles. The molecule has 4 aromatic rings. The average molecular weight is 499 g/mol. The predicted molar refractivity (Wildman–Crippen MR) is 130 cm³/mol. The van der Waals surface area contributed by atoms with Gasteiger partial charge in [-0.15, -0.1) is 0 Å². The van der Waals surface area contributed by atoms with Crippen molar-refractivity contribution in [3.05, 3.63) is 77.9 Å². The first kappa shape index (κ1) is 25.0. The summed E-state index contributed by atoms with van der Waals surface area (Å²) in [5.74, 6) is 2.31. The summed E-state index contributed by atoms with van der Waals surface area (Å²) in [6.07, 6.45) is -4.44. The Balaban J connectivity index is 1.87. The number of nitrogens with zero attached hydrogens (tertiary/aromatic N) is 2. The number of alkyl halides is 3. The smallest absolute Gasteiger partial charge is 0.416 e. The molecule has 36 heavy (non-hydrogen) atoms. The van der Waals surface area contributed by atoms with Crippen LogP contribution in [-0.2, 0) is 12.7 Å². The van der Waals surface area contributed by atoms with Crippen molar-refractivity contribution in [3.8, 4) is 45.5 Å². The molecule has 0 N–H and O–H groups in total. The summed E-state index contributed by atoms with van der Waals surface area (Å²) >= 11 is 0. The van der Waals surface area contributed by atoms with Gasteiger partial charge in [0.1, 0.15) is 23.0 Å². The Kier molecular flexibility index (Phi) is 7.10. The number of aromatic nitrogens is 2. The number of halogens is 3. The van der Waals surface area contributed by atoms with Gasteiger partial charge in [-0.3, -0.25) is 4.68 Å². The molecule has 9 heteroatoms. The molecular formula is C27H25F3N2O4. The standard InChI is InChI=1S/C27H25F3N2O4/c1-33-19-8-10-21(25(13-19)35-3)23-15-24(22-11-9-20(34-2)14-26(22)36-4)32(31-23)16-17-6-5-7-18(12-17)27(28,29)30/h5-15H,16H2,1-4H3. The van der Waals surface area contributed by atoms with Crippen molar-refractivity contribution in [2.75, 3.05) is 28.4 Å². The molecule has 3 aromatic carbocycles. The molecule has 0 spiro atoms. The van der Waals surface area contributed by atoms with Gasteiger partial charge in [0.25, 0.3) is 0 Å². The number of hydrogen-bond donors (Lipinski definition) is 0. The molecule has 0 atom stereocenters. The molecule has 0 bridgehead atoms. The highest BCUT2D eigenvalue weighted by atomic mass is 19.4. The van der Waals surface area contributed by atoms with Crippen LogP contribution in [0.5, 0.6) is 23.0 Å². The van der Waals surface area contributed by atoms with E-state index in [2.05, 4.69) is 0 Å². The van der Waals surface area contributed by atoms with Crippen molar-refractivity contribution in [1.82, 2.24) is 9.78 Å². The molecule has 0 aliphatic rings. The monoisotopic (exact) mass is 498 g/mol. The van der Waals surface area contributed by atoms with Crippen LogP contribution < -0.4 is 18.9 Å². The molecule has 1 aromatic heterocycles. The maximum absolute atomic E-state index is 13.3. The number of methoxy groups -OCH3 is 4. The maximum Gasteiger partial charge on any atom is 0.416 e. The fourth-order valence-electron chi connectivity index (χ4n) is 3.92. The zero-order chi connectivity index (χ0) is 25.9. The molecular weight excluding hydrogens is 473 g/mol. The van der Waals surface area contributed by atoms with Gasteiger partial charge in [0.15, 0.2) is 0 Å². The third-order valence-electron chi connectivity index (χ3n) is 5.74. The Morgan fingerprint density at radius 1 is 0.722 bits per heavy atom. The molecule has 0 radical (unpaired) electrons. The molecule has 188 valence electrons. The number of rotatable bonds is 8. The topological polar surface area (TPSA) is 54.7 Å². The second-order valence-corrected chi connectivity index (χ2v) is 7.90. The second-order valence-electron chi connectivity index (χ2n) is 7.90. The van der Waals surface area contributed by atoms with Gasteiger partial charge in [0.05, 0.1) is 51.9 Å². The van der Waals surface area contributed by atoms with E-state index in [9.17, 15) is 13.2 Å². The fourth-order valence-corrected chi connectivity index (χ4v) is 3.92. The molecule has 0 amide bonds. The molecule has 1 heterocycles. The lowest BCUT2D eigenvalue weighted by atomic mass is 10.1. The van der Waals surface area contributed by atoms with Crippen molar-refractivity contribution in [2.45, 2.75) is 12.7 Å². The Labute approximate surface area is 206 Å². The van der Waals surface area contributed by atoms with Gasteiger partial charge < -0.3 is 18.9 Å². The molecule has 0 unspecified atom stereocenters. The minimum absolute atomic E-state index is 0.104. The van der Waals surface area contributed by atoms with E-state index in [1.807, 2.05) is 18.2 Å². The van der Waals surface area contributed by atoms with Crippen LogP contribution in [0.2, 0.25) is 0 Å². The van der Waals surface area contributed by atoms with Crippen LogP contribution in [0.1, 0.15) is 11.1 Å². The number of hydrogen-bond acceptors (Lipinski definition) is 5. The van der Waals surface area contributed by atoms with Crippen LogP contribution in [0.25, 0.3) is 22.5 Å². The summed E-state index contributed by atoms with van der Waals surface area (Å²) in [6.45, 7) is 0.104. The van der Waals surface area contributed by atoms with E-state index >= 15 is 0 Å². The Hall–Kier alpha value is -4.14. The van der Waals surface area contributed by atoms with Gasteiger partial charge >= 0.3 is 6.18 Å². The van der Waals surface area contributed by atoms with Crippen LogP contribution in [0, 0.1) is 0 Å². The molecule has 0 fully saturated rings. The molecule has 0 aliphatic carbocycles. The van der Waals surface area contributed by atoms with E-state index in [4.69, 9.17) is 24.0 Å². The van der Waals surface area contributed by atoms with Gasteiger partial charge in [0.2, 0.25) is 0 Å². The van der Waals surface area contributed by atoms with Crippen molar-refractivity contribution in [2.24, 2.45) is 0 Å². The van der Waals surface area contributed by atoms with E-state index in [0.717, 1.165) is 12.1 Å². The third kappa shape index (κ3) is 5.10. The maximum atomic E-state index is 13.3. The van der Waals surface area contributed by atoms with E-state index in [1.54, 1.807) is 63.5 Å². The predicted octanol–water partition coefficient (Wildman–Crippen LogP) is 6.32. The van der Waals surface area contributed by atoms with Gasteiger partial charge in [-0.25, -0.2) is 0 Å². The van der Waals surface area contributed by atoms with Crippen LogP contribution in [0.15, 0.2) is 66.7 Å². The SMILES string of the molecule is COc1ccc(-c2cc(-c3ccc(OC)cc3OC)n(Cc3cccc(C(F)(F)F)c3)n2)c(OC)c1. The van der Waals surface area contributed by atoms with Crippen molar-refractivity contribution in [3.63, 3.8) is 0 Å². The average Bonchev–Trinajstić information content (AvgIpc) is 3.30. The highest BCUT2D eigenvalue weighted by molar-refractivity contribution is 5.76. The van der Waals surface area contributed by atoms with Gasteiger partial charge in [-0.2, -0.15) is 18.3 Å². The first-order valence-electron chi connectivity index (χ1n) is 11.0. The van der Waals surface area contributed by atoms with E-state index < -0.39 is 11.7 Å². The van der Waals surface area contributed by atoms with Crippen LogP contribution in [0.3, 0.4) is 0 Å². The normalized spacial score (nSPS) is 11.3. The largest absolute Gasteiger partial charge is 0.497 e. The van der Waals surface area contributed by atoms with Gasteiger partial charge in [-0.1, -0.05) is 12.1 Å². The van der Waals surface area contributed by atoms with Crippen LogP contribution in [-0.4, -0.2) is 38.2 Å². The third-order valence-corrected chi connectivity index (χ3v) is 5.74. The van der Waals surface area contributed by atoms with Crippen LogP contribution >= 0.6 is 0 Å². The van der Waals surface area contributed by atoms with Crippen molar-refractivity contribution >= 4 is 0 Å². The Bertz CT molecular complexity index is 1370. The van der Waals surface area contributed by atoms with Crippen molar-refractivity contribution in [1.29, 1.82) is 0 Å². The minimum atomic E-state index is -4.44. The van der Waals surface area contributed by atoms with Crippen molar-refractivity contribution < 1.29 is 32.1 Å². The summed E-state index contributed by atoms with van der Waals surface area (Å²) in [6, 6.07) is 17.8. The number of ether oxygens (including phenoxy) is 4. The molecule has 0 saturated carbocycles. The number of benzene rings is 3. The zero-order valence-corrected chi connectivity index (χ0v) is 20.2. The summed E-state index contributed by atoms with van der Waals surface area (Å²) in [5.41, 5.74) is 2.38. The van der Waals surface area contributed by atoms with E-state index in [1.165, 1.54) is 6.07 Å². The zero-order valence-electron chi connectivity index (χ0n) is 20.2. The summed E-state index contributed by atoms with van der Waals surface area (Å²) in [7, 11) is 6.21. The molecule has 4 rings (SSSR count). The van der Waals surface area contributed by atoms with Gasteiger partial charge in [0, 0.05) is 23.3 Å². The van der Waals surface area contributed by atoms with E-state index in [0.29, 0.717) is 51.1 Å². The lowest BCUT2D eigenvalue weighted by Crippen LogP contribution is -2.08. The second kappa shape index (κ2) is 10.2.